The molecule has 8 heteroatoms. The van der Waals surface area contributed by atoms with Crippen molar-refractivity contribution in [1.29, 1.82) is 0 Å². The Hall–Kier alpha value is -2.35. The number of thioether (sulfide) groups is 1. The Kier molecular flexibility index (Phi) is 8.28. The molecular weight excluding hydrogens is 416 g/mol. The van der Waals surface area contributed by atoms with E-state index in [1.54, 1.807) is 26.8 Å². The van der Waals surface area contributed by atoms with Crippen LogP contribution in [0, 0.1) is 5.92 Å². The molecule has 0 aromatic heterocycles. The standard InChI is InChI=1S/C23H32N2O5S/c1-14(2)20(31-15(3)26)21(28)24-17-12-11-16-9-7-8-10-18(16)25(22(17)29)13-19(27)30-23(4,5)6/h7-10,14,17,20H,11-13H2,1-6H3,(H,24,28)/t17-,20-/m0/s1. The monoisotopic (exact) mass is 448 g/mol. The molecule has 0 fully saturated rings. The third-order valence-electron chi connectivity index (χ3n) is 4.73. The summed E-state index contributed by atoms with van der Waals surface area (Å²) in [6.07, 6.45) is 0.978. The van der Waals surface area contributed by atoms with Gasteiger partial charge in [-0.15, -0.1) is 0 Å². The first-order chi connectivity index (χ1) is 14.4. The number of amides is 2. The Balaban J connectivity index is 2.27. The number of esters is 1. The first kappa shape index (κ1) is 24.9. The maximum Gasteiger partial charge on any atom is 0.326 e. The van der Waals surface area contributed by atoms with E-state index in [0.29, 0.717) is 18.5 Å². The minimum atomic E-state index is -0.795. The number of nitrogens with one attached hydrogen (secondary N) is 1. The van der Waals surface area contributed by atoms with Crippen molar-refractivity contribution in [3.63, 3.8) is 0 Å². The van der Waals surface area contributed by atoms with Crippen LogP contribution in [0.3, 0.4) is 0 Å². The van der Waals surface area contributed by atoms with Gasteiger partial charge in [0, 0.05) is 12.6 Å². The number of fused-ring (bicyclic) bond motifs is 1. The second kappa shape index (κ2) is 10.3. The lowest BCUT2D eigenvalue weighted by molar-refractivity contribution is -0.153. The Morgan fingerprint density at radius 3 is 2.45 bits per heavy atom. The second-order valence-electron chi connectivity index (χ2n) is 9.01. The Bertz CT molecular complexity index is 847. The molecule has 0 aliphatic carbocycles. The molecule has 1 heterocycles. The van der Waals surface area contributed by atoms with Crippen molar-refractivity contribution in [2.24, 2.45) is 5.92 Å². The summed E-state index contributed by atoms with van der Waals surface area (Å²) in [6.45, 7) is 10.2. The average molecular weight is 449 g/mol. The van der Waals surface area contributed by atoms with E-state index < -0.39 is 22.9 Å². The van der Waals surface area contributed by atoms with E-state index in [2.05, 4.69) is 5.32 Å². The van der Waals surface area contributed by atoms with Gasteiger partial charge in [0.1, 0.15) is 18.2 Å². The van der Waals surface area contributed by atoms with Crippen molar-refractivity contribution in [2.45, 2.75) is 71.3 Å². The minimum absolute atomic E-state index is 0.0788. The number of para-hydroxylation sites is 1. The highest BCUT2D eigenvalue weighted by Crippen LogP contribution is 2.28. The normalized spacial score (nSPS) is 17.6. The highest BCUT2D eigenvalue weighted by atomic mass is 32.2. The maximum absolute atomic E-state index is 13.4. The van der Waals surface area contributed by atoms with Crippen LogP contribution in [0.4, 0.5) is 5.69 Å². The molecule has 0 radical (unpaired) electrons. The second-order valence-corrected chi connectivity index (χ2v) is 10.3. The number of aryl methyl sites for hydroxylation is 1. The predicted molar refractivity (Wildman–Crippen MR) is 122 cm³/mol. The Labute approximate surface area is 188 Å². The molecule has 1 aliphatic rings. The Morgan fingerprint density at radius 2 is 1.87 bits per heavy atom. The van der Waals surface area contributed by atoms with Gasteiger partial charge in [-0.1, -0.05) is 43.8 Å². The van der Waals surface area contributed by atoms with Gasteiger partial charge in [-0.25, -0.2) is 0 Å². The summed E-state index contributed by atoms with van der Waals surface area (Å²) in [5.74, 6) is -1.31. The van der Waals surface area contributed by atoms with Gasteiger partial charge in [-0.2, -0.15) is 0 Å². The van der Waals surface area contributed by atoms with E-state index >= 15 is 0 Å². The van der Waals surface area contributed by atoms with Crippen LogP contribution in [0.15, 0.2) is 24.3 Å². The first-order valence-electron chi connectivity index (χ1n) is 10.5. The molecule has 0 saturated heterocycles. The van der Waals surface area contributed by atoms with Gasteiger partial charge < -0.3 is 10.1 Å². The van der Waals surface area contributed by atoms with Crippen molar-refractivity contribution < 1.29 is 23.9 Å². The zero-order chi connectivity index (χ0) is 23.3. The zero-order valence-corrected chi connectivity index (χ0v) is 19.9. The van der Waals surface area contributed by atoms with Crippen LogP contribution in [0.5, 0.6) is 0 Å². The van der Waals surface area contributed by atoms with E-state index in [0.717, 1.165) is 17.3 Å². The average Bonchev–Trinajstić information content (AvgIpc) is 2.76. The van der Waals surface area contributed by atoms with Gasteiger partial charge in [-0.3, -0.25) is 24.1 Å². The predicted octanol–water partition coefficient (Wildman–Crippen LogP) is 3.10. The summed E-state index contributed by atoms with van der Waals surface area (Å²) in [5, 5.41) is 2.09. The fraction of sp³-hybridized carbons (Fsp3) is 0.565. The summed E-state index contributed by atoms with van der Waals surface area (Å²) in [4.78, 5) is 51.7. The molecule has 0 unspecified atom stereocenters. The lowest BCUT2D eigenvalue weighted by Crippen LogP contribution is -2.52. The smallest absolute Gasteiger partial charge is 0.326 e. The highest BCUT2D eigenvalue weighted by molar-refractivity contribution is 8.14. The van der Waals surface area contributed by atoms with Gasteiger partial charge in [-0.05, 0) is 51.2 Å². The number of hydrogen-bond donors (Lipinski definition) is 1. The molecule has 2 atom stereocenters. The van der Waals surface area contributed by atoms with Crippen LogP contribution in [0.25, 0.3) is 0 Å². The van der Waals surface area contributed by atoms with Gasteiger partial charge in [0.15, 0.2) is 5.12 Å². The Morgan fingerprint density at radius 1 is 1.23 bits per heavy atom. The van der Waals surface area contributed by atoms with Crippen molar-refractivity contribution in [2.75, 3.05) is 11.4 Å². The SMILES string of the molecule is CC(=O)S[C@H](C(=O)N[C@H]1CCc2ccccc2N(CC(=O)OC(C)(C)C)C1=O)C(C)C. The molecule has 170 valence electrons. The van der Waals surface area contributed by atoms with Gasteiger partial charge in [0.25, 0.3) is 0 Å². The molecule has 0 saturated carbocycles. The summed E-state index contributed by atoms with van der Waals surface area (Å²) in [7, 11) is 0. The largest absolute Gasteiger partial charge is 0.459 e. The summed E-state index contributed by atoms with van der Waals surface area (Å²) in [6, 6.07) is 6.61. The first-order valence-corrected chi connectivity index (χ1v) is 11.4. The summed E-state index contributed by atoms with van der Waals surface area (Å²) >= 11 is 0.966. The summed E-state index contributed by atoms with van der Waals surface area (Å²) < 4.78 is 5.41. The zero-order valence-electron chi connectivity index (χ0n) is 19.1. The molecule has 1 aromatic rings. The van der Waals surface area contributed by atoms with Crippen LogP contribution in [0.1, 0.15) is 53.5 Å². The van der Waals surface area contributed by atoms with E-state index in [-0.39, 0.29) is 29.4 Å². The molecule has 1 aromatic carbocycles. The fourth-order valence-corrected chi connectivity index (χ4v) is 4.25. The third kappa shape index (κ3) is 7.09. The number of ether oxygens (including phenoxy) is 1. The van der Waals surface area contributed by atoms with Gasteiger partial charge in [0.05, 0.1) is 5.25 Å². The molecule has 0 bridgehead atoms. The van der Waals surface area contributed by atoms with E-state index in [4.69, 9.17) is 4.74 Å². The number of anilines is 1. The molecule has 2 amide bonds. The van der Waals surface area contributed by atoms with Crippen molar-refractivity contribution >= 4 is 40.3 Å². The topological polar surface area (TPSA) is 92.8 Å². The number of carbonyl (C=O) groups excluding carboxylic acids is 4. The number of nitrogens with zero attached hydrogens (tertiary/aromatic N) is 1. The molecule has 1 N–H and O–H groups in total. The van der Waals surface area contributed by atoms with Crippen LogP contribution in [-0.4, -0.2) is 46.3 Å². The van der Waals surface area contributed by atoms with Crippen molar-refractivity contribution in [3.8, 4) is 0 Å². The van der Waals surface area contributed by atoms with Crippen molar-refractivity contribution in [1.82, 2.24) is 5.32 Å². The summed E-state index contributed by atoms with van der Waals surface area (Å²) in [5.41, 5.74) is 0.899. The minimum Gasteiger partial charge on any atom is -0.459 e. The molecule has 31 heavy (non-hydrogen) atoms. The molecule has 2 rings (SSSR count). The lowest BCUT2D eigenvalue weighted by atomic mass is 10.0. The number of benzene rings is 1. The van der Waals surface area contributed by atoms with Crippen LogP contribution in [-0.2, 0) is 30.3 Å². The van der Waals surface area contributed by atoms with Crippen LogP contribution >= 0.6 is 11.8 Å². The maximum atomic E-state index is 13.4. The quantitative estimate of drug-likeness (QED) is 0.673. The third-order valence-corrected chi connectivity index (χ3v) is 6.07. The number of carbonyl (C=O) groups is 4. The molecule has 0 spiro atoms. The van der Waals surface area contributed by atoms with E-state index in [1.165, 1.54) is 11.8 Å². The molecular formula is C23H32N2O5S. The van der Waals surface area contributed by atoms with Crippen molar-refractivity contribution in [3.05, 3.63) is 29.8 Å². The van der Waals surface area contributed by atoms with E-state index in [9.17, 15) is 19.2 Å². The number of hydrogen-bond acceptors (Lipinski definition) is 6. The highest BCUT2D eigenvalue weighted by Gasteiger charge is 2.35. The molecule has 7 nitrogen and oxygen atoms in total. The molecule has 1 aliphatic heterocycles. The lowest BCUT2D eigenvalue weighted by Gasteiger charge is -2.28. The van der Waals surface area contributed by atoms with Crippen LogP contribution in [0.2, 0.25) is 0 Å². The van der Waals surface area contributed by atoms with E-state index in [1.807, 2.05) is 32.0 Å². The number of rotatable bonds is 6. The van der Waals surface area contributed by atoms with Gasteiger partial charge in [0.2, 0.25) is 11.8 Å². The van der Waals surface area contributed by atoms with Crippen LogP contribution < -0.4 is 10.2 Å². The van der Waals surface area contributed by atoms with Gasteiger partial charge >= 0.3 is 5.97 Å². The fourth-order valence-electron chi connectivity index (χ4n) is 3.44.